The molecule has 3 aromatic rings. The quantitative estimate of drug-likeness (QED) is 0.277. The number of furan rings is 1. The van der Waals surface area contributed by atoms with E-state index in [1.165, 1.54) is 6.07 Å². The number of ether oxygens (including phenoxy) is 1. The zero-order chi connectivity index (χ0) is 21.4. The lowest BCUT2D eigenvalue weighted by molar-refractivity contribution is 0.327. The molecule has 0 bridgehead atoms. The number of benzene rings is 1. The molecule has 2 heterocycles. The molecule has 0 atom stereocenters. The summed E-state index contributed by atoms with van der Waals surface area (Å²) in [7, 11) is 1.63. The molecule has 5 nitrogen and oxygen atoms in total. The number of hydrogen-bond acceptors (Lipinski definition) is 5. The van der Waals surface area contributed by atoms with Crippen molar-refractivity contribution in [3.05, 3.63) is 40.4 Å². The van der Waals surface area contributed by atoms with Crippen LogP contribution >= 0.6 is 47.2 Å². The van der Waals surface area contributed by atoms with E-state index >= 15 is 0 Å². The van der Waals surface area contributed by atoms with Gasteiger partial charge in [-0.05, 0) is 12.1 Å². The molecule has 0 aliphatic carbocycles. The first-order chi connectivity index (χ1) is 13.9. The minimum atomic E-state index is -0.366. The molecule has 0 unspecified atom stereocenters. The fraction of sp³-hybridized carbons (Fsp3) is 0.476. The third-order valence-corrected chi connectivity index (χ3v) is 4.85. The third-order valence-electron chi connectivity index (χ3n) is 4.34. The fourth-order valence-electron chi connectivity index (χ4n) is 2.94. The van der Waals surface area contributed by atoms with Gasteiger partial charge >= 0.3 is 5.63 Å². The Kier molecular flexibility index (Phi) is 12.0. The van der Waals surface area contributed by atoms with Crippen LogP contribution in [0.15, 0.2) is 37.9 Å². The lowest BCUT2D eigenvalue weighted by atomic mass is 10.1. The molecule has 2 aromatic heterocycles. The van der Waals surface area contributed by atoms with Crippen molar-refractivity contribution in [1.29, 1.82) is 0 Å². The predicted octanol–water partition coefficient (Wildman–Crippen LogP) is 6.10. The minimum absolute atomic E-state index is 0. The maximum absolute atomic E-state index is 11.2. The topological polar surface area (TPSA) is 55.8 Å². The first-order valence-electron chi connectivity index (χ1n) is 9.39. The van der Waals surface area contributed by atoms with E-state index < -0.39 is 0 Å². The first-order valence-corrected chi connectivity index (χ1v) is 11.0. The van der Waals surface area contributed by atoms with Gasteiger partial charge in [0.1, 0.15) is 16.9 Å². The normalized spacial score (nSPS) is 10.9. The van der Waals surface area contributed by atoms with E-state index in [-0.39, 0.29) is 24.0 Å². The molecular weight excluding hydrogens is 472 g/mol. The summed E-state index contributed by atoms with van der Waals surface area (Å²) in [5, 5.41) is 1.74. The Morgan fingerprint density at radius 1 is 0.967 bits per heavy atom. The number of nitrogens with zero attached hydrogens (tertiary/aromatic N) is 1. The molecule has 0 fully saturated rings. The molecule has 9 heteroatoms. The summed E-state index contributed by atoms with van der Waals surface area (Å²) in [5.74, 6) is 3.71. The van der Waals surface area contributed by atoms with E-state index in [0.717, 1.165) is 41.9 Å². The number of hydrogen-bond donors (Lipinski definition) is 0. The molecule has 0 saturated carbocycles. The van der Waals surface area contributed by atoms with Crippen LogP contribution in [0.5, 0.6) is 5.75 Å². The van der Waals surface area contributed by atoms with E-state index in [1.807, 2.05) is 19.9 Å². The molecule has 0 aliphatic rings. The molecule has 0 amide bonds. The molecule has 30 heavy (non-hydrogen) atoms. The summed E-state index contributed by atoms with van der Waals surface area (Å²) in [6.07, 6.45) is 0. The highest BCUT2D eigenvalue weighted by Crippen LogP contribution is 2.38. The van der Waals surface area contributed by atoms with Gasteiger partial charge in [-0.1, -0.05) is 13.8 Å². The van der Waals surface area contributed by atoms with Crippen LogP contribution in [-0.2, 0) is 0 Å². The molecule has 0 radical (unpaired) electrons. The van der Waals surface area contributed by atoms with E-state index in [0.29, 0.717) is 28.8 Å². The lowest BCUT2D eigenvalue weighted by Gasteiger charge is -2.17. The standard InChI is InChI=1S/C15H14O4.C6H12Cl3N.ClH/c1-8(2)14-15(17-3)10-6-9-4-5-13(16)18-11(9)7-12(10)19-14;7-1-4-10(5-2-8)6-3-9;/h4-8H,1-3H3;1-6H2;1H. The van der Waals surface area contributed by atoms with Gasteiger partial charge in [-0.3, -0.25) is 4.90 Å². The van der Waals surface area contributed by atoms with E-state index in [9.17, 15) is 4.79 Å². The van der Waals surface area contributed by atoms with Gasteiger partial charge in [-0.25, -0.2) is 4.79 Å². The zero-order valence-electron chi connectivity index (χ0n) is 17.3. The number of methoxy groups -OCH3 is 1. The van der Waals surface area contributed by atoms with Gasteiger partial charge in [0.2, 0.25) is 0 Å². The zero-order valence-corrected chi connectivity index (χ0v) is 20.3. The van der Waals surface area contributed by atoms with E-state index in [4.69, 9.17) is 48.4 Å². The number of rotatable bonds is 8. The summed E-state index contributed by atoms with van der Waals surface area (Å²) < 4.78 is 16.4. The number of halogens is 4. The van der Waals surface area contributed by atoms with E-state index in [2.05, 4.69) is 4.90 Å². The average molecular weight is 499 g/mol. The van der Waals surface area contributed by atoms with Crippen LogP contribution in [0.1, 0.15) is 25.5 Å². The average Bonchev–Trinajstić information content (AvgIpc) is 3.05. The maximum atomic E-state index is 11.2. The van der Waals surface area contributed by atoms with Crippen LogP contribution in [0.3, 0.4) is 0 Å². The second-order valence-electron chi connectivity index (χ2n) is 6.70. The number of fused-ring (bicyclic) bond motifs is 2. The van der Waals surface area contributed by atoms with Gasteiger partial charge < -0.3 is 13.6 Å². The van der Waals surface area contributed by atoms with Crippen LogP contribution in [0.4, 0.5) is 0 Å². The Morgan fingerprint density at radius 2 is 1.57 bits per heavy atom. The van der Waals surface area contributed by atoms with Crippen molar-refractivity contribution in [2.75, 3.05) is 44.4 Å². The summed E-state index contributed by atoms with van der Waals surface area (Å²) in [6, 6.07) is 6.80. The maximum Gasteiger partial charge on any atom is 0.336 e. The highest BCUT2D eigenvalue weighted by molar-refractivity contribution is 6.18. The van der Waals surface area contributed by atoms with Gasteiger partial charge in [-0.15, -0.1) is 47.2 Å². The Hall–Kier alpha value is -1.11. The Balaban J connectivity index is 0.000000354. The van der Waals surface area contributed by atoms with Crippen LogP contribution in [0, 0.1) is 0 Å². The Morgan fingerprint density at radius 3 is 2.07 bits per heavy atom. The largest absolute Gasteiger partial charge is 0.492 e. The van der Waals surface area contributed by atoms with Crippen molar-refractivity contribution in [2.24, 2.45) is 0 Å². The molecule has 0 spiro atoms. The van der Waals surface area contributed by atoms with Gasteiger partial charge in [0.25, 0.3) is 0 Å². The van der Waals surface area contributed by atoms with Crippen molar-refractivity contribution >= 4 is 69.1 Å². The fourth-order valence-corrected chi connectivity index (χ4v) is 3.66. The lowest BCUT2D eigenvalue weighted by Crippen LogP contribution is -2.29. The summed E-state index contributed by atoms with van der Waals surface area (Å²) in [5.41, 5.74) is 0.823. The highest BCUT2D eigenvalue weighted by Gasteiger charge is 2.18. The summed E-state index contributed by atoms with van der Waals surface area (Å²) in [6.45, 7) is 6.71. The third kappa shape index (κ3) is 6.96. The summed E-state index contributed by atoms with van der Waals surface area (Å²) >= 11 is 16.6. The van der Waals surface area contributed by atoms with Crippen molar-refractivity contribution in [3.63, 3.8) is 0 Å². The smallest absolute Gasteiger partial charge is 0.336 e. The van der Waals surface area contributed by atoms with Crippen molar-refractivity contribution < 1.29 is 13.6 Å². The van der Waals surface area contributed by atoms with Crippen LogP contribution < -0.4 is 10.4 Å². The van der Waals surface area contributed by atoms with Crippen LogP contribution in [0.25, 0.3) is 21.9 Å². The van der Waals surface area contributed by atoms with Gasteiger partial charge in [0.15, 0.2) is 5.75 Å². The van der Waals surface area contributed by atoms with Gasteiger partial charge in [0.05, 0.1) is 12.5 Å². The van der Waals surface area contributed by atoms with Crippen LogP contribution in [-0.4, -0.2) is 49.3 Å². The van der Waals surface area contributed by atoms with Crippen molar-refractivity contribution in [1.82, 2.24) is 4.90 Å². The SMILES string of the molecule is COc1c(C(C)C)oc2cc3oc(=O)ccc3cc12.Cl.ClCCN(CCCl)CCCl. The predicted molar refractivity (Wildman–Crippen MR) is 129 cm³/mol. The van der Waals surface area contributed by atoms with Gasteiger partial charge in [-0.2, -0.15) is 0 Å². The monoisotopic (exact) mass is 497 g/mol. The van der Waals surface area contributed by atoms with Crippen LogP contribution in [0.2, 0.25) is 0 Å². The first kappa shape index (κ1) is 26.9. The van der Waals surface area contributed by atoms with Crippen molar-refractivity contribution in [3.8, 4) is 5.75 Å². The molecule has 0 N–H and O–H groups in total. The highest BCUT2D eigenvalue weighted by atomic mass is 35.5. The molecule has 1 aromatic carbocycles. The van der Waals surface area contributed by atoms with Gasteiger partial charge in [0, 0.05) is 60.7 Å². The second kappa shape index (κ2) is 13.3. The Bertz CT molecular complexity index is 956. The molecule has 168 valence electrons. The number of alkyl halides is 3. The second-order valence-corrected chi connectivity index (χ2v) is 7.84. The Labute approximate surface area is 197 Å². The van der Waals surface area contributed by atoms with Crippen molar-refractivity contribution in [2.45, 2.75) is 19.8 Å². The minimum Gasteiger partial charge on any atom is -0.492 e. The molecular formula is C21H27Cl4NO4. The summed E-state index contributed by atoms with van der Waals surface area (Å²) in [4.78, 5) is 13.4. The molecule has 0 aliphatic heterocycles. The molecule has 3 rings (SSSR count). The molecule has 0 saturated heterocycles. The van der Waals surface area contributed by atoms with E-state index in [1.54, 1.807) is 19.2 Å².